The predicted molar refractivity (Wildman–Crippen MR) is 133 cm³/mol. The van der Waals surface area contributed by atoms with Crippen molar-refractivity contribution in [1.82, 2.24) is 0 Å². The summed E-state index contributed by atoms with van der Waals surface area (Å²) in [5, 5.41) is 34.2. The van der Waals surface area contributed by atoms with Gasteiger partial charge in [-0.15, -0.1) is 0 Å². The fourth-order valence-electron chi connectivity index (χ4n) is 2.97. The molecule has 0 atom stereocenters. The van der Waals surface area contributed by atoms with Gasteiger partial charge >= 0.3 is 0 Å². The van der Waals surface area contributed by atoms with E-state index in [9.17, 15) is 5.11 Å². The highest BCUT2D eigenvalue weighted by atomic mass is 16.5. The number of hydrogen-bond donors (Lipinski definition) is 3. The van der Waals surface area contributed by atoms with Crippen LogP contribution >= 0.6 is 0 Å². The third kappa shape index (κ3) is 29.0. The Hall–Kier alpha value is -0.980. The van der Waals surface area contributed by atoms with Crippen molar-refractivity contribution in [2.75, 3.05) is 26.4 Å². The summed E-state index contributed by atoms with van der Waals surface area (Å²) in [6, 6.07) is 10.2. The van der Waals surface area contributed by atoms with E-state index in [0.29, 0.717) is 0 Å². The van der Waals surface area contributed by atoms with Crippen LogP contribution in [0.5, 0.6) is 0 Å². The van der Waals surface area contributed by atoms with Crippen LogP contribution in [-0.2, 0) is 16.5 Å². The van der Waals surface area contributed by atoms with Crippen LogP contribution in [0.4, 0.5) is 0 Å². The van der Waals surface area contributed by atoms with Crippen LogP contribution < -0.4 is 0 Å². The zero-order valence-corrected chi connectivity index (χ0v) is 20.9. The lowest BCUT2D eigenvalue weighted by molar-refractivity contribution is 0.0450. The van der Waals surface area contributed by atoms with Crippen molar-refractivity contribution in [3.63, 3.8) is 0 Å². The Kier molecular flexibility index (Phi) is 31.1. The Balaban J connectivity index is 0. The first-order chi connectivity index (χ1) is 15.7. The summed E-state index contributed by atoms with van der Waals surface area (Å²) in [7, 11) is 0. The number of unbranched alkanes of at least 4 members (excludes halogenated alkanes) is 12. The van der Waals surface area contributed by atoms with E-state index < -0.39 is 6.10 Å². The SMILES string of the molecule is CCCCCCCCCCCCCCC[O].CCOCc1ccccc1.OCC(O)CO. The molecule has 5 nitrogen and oxygen atoms in total. The van der Waals surface area contributed by atoms with Gasteiger partial charge in [-0.3, -0.25) is 0 Å². The first kappa shape index (κ1) is 33.2. The third-order valence-corrected chi connectivity index (χ3v) is 4.99. The zero-order valence-electron chi connectivity index (χ0n) is 20.9. The second-order valence-corrected chi connectivity index (χ2v) is 8.09. The van der Waals surface area contributed by atoms with Crippen LogP contribution in [0.2, 0.25) is 0 Å². The maximum atomic E-state index is 10.2. The van der Waals surface area contributed by atoms with Crippen LogP contribution in [0.1, 0.15) is 103 Å². The van der Waals surface area contributed by atoms with Gasteiger partial charge in [-0.1, -0.05) is 114 Å². The summed E-state index contributed by atoms with van der Waals surface area (Å²) in [6.45, 7) is 5.19. The number of ether oxygens (including phenoxy) is 1. The van der Waals surface area contributed by atoms with E-state index in [0.717, 1.165) is 26.1 Å². The maximum Gasteiger partial charge on any atom is 0.100 e. The minimum Gasteiger partial charge on any atom is -0.394 e. The van der Waals surface area contributed by atoms with E-state index >= 15 is 0 Å². The van der Waals surface area contributed by atoms with E-state index in [1.54, 1.807) is 0 Å². The molecule has 1 aromatic carbocycles. The molecule has 0 fully saturated rings. The molecule has 189 valence electrons. The lowest BCUT2D eigenvalue weighted by atomic mass is 10.0. The fourth-order valence-corrected chi connectivity index (χ4v) is 2.97. The van der Waals surface area contributed by atoms with E-state index in [2.05, 4.69) is 19.1 Å². The van der Waals surface area contributed by atoms with Gasteiger partial charge in [-0.05, 0) is 18.9 Å². The summed E-state index contributed by atoms with van der Waals surface area (Å²) in [6.07, 6.45) is 16.4. The third-order valence-electron chi connectivity index (χ3n) is 4.99. The Labute approximate surface area is 197 Å². The summed E-state index contributed by atoms with van der Waals surface area (Å²) < 4.78 is 5.22. The van der Waals surface area contributed by atoms with E-state index in [1.807, 2.05) is 25.1 Å². The first-order valence-corrected chi connectivity index (χ1v) is 12.8. The van der Waals surface area contributed by atoms with Gasteiger partial charge in [0.1, 0.15) is 6.10 Å². The van der Waals surface area contributed by atoms with Gasteiger partial charge < -0.3 is 20.1 Å². The quantitative estimate of drug-likeness (QED) is 0.235. The maximum absolute atomic E-state index is 10.2. The fraction of sp³-hybridized carbons (Fsp3) is 0.778. The number of aliphatic hydroxyl groups excluding tert-OH is 3. The zero-order chi connectivity index (χ0) is 24.1. The molecule has 0 aliphatic carbocycles. The van der Waals surface area contributed by atoms with E-state index in [-0.39, 0.29) is 19.8 Å². The van der Waals surface area contributed by atoms with Gasteiger partial charge in [0, 0.05) is 6.61 Å². The normalized spacial score (nSPS) is 10.3. The lowest BCUT2D eigenvalue weighted by Crippen LogP contribution is -2.15. The second kappa shape index (κ2) is 30.0. The minimum atomic E-state index is -0.954. The van der Waals surface area contributed by atoms with Crippen LogP contribution in [0.15, 0.2) is 30.3 Å². The van der Waals surface area contributed by atoms with Gasteiger partial charge in [0.05, 0.1) is 26.4 Å². The Morgan fingerprint density at radius 3 is 1.50 bits per heavy atom. The van der Waals surface area contributed by atoms with Crippen LogP contribution in [0.25, 0.3) is 0 Å². The highest BCUT2D eigenvalue weighted by Gasteiger charge is 1.94. The summed E-state index contributed by atoms with van der Waals surface area (Å²) >= 11 is 0. The molecular formula is C27H51O5. The van der Waals surface area contributed by atoms with Crippen molar-refractivity contribution in [1.29, 1.82) is 0 Å². The topological polar surface area (TPSA) is 89.8 Å². The Morgan fingerprint density at radius 1 is 0.719 bits per heavy atom. The summed E-state index contributed by atoms with van der Waals surface area (Å²) in [5.41, 5.74) is 1.24. The smallest absolute Gasteiger partial charge is 0.100 e. The average Bonchev–Trinajstić information content (AvgIpc) is 2.84. The molecule has 0 bridgehead atoms. The second-order valence-electron chi connectivity index (χ2n) is 8.09. The van der Waals surface area contributed by atoms with Gasteiger partial charge in [-0.25, -0.2) is 5.11 Å². The molecule has 0 amide bonds. The highest BCUT2D eigenvalue weighted by Crippen LogP contribution is 2.12. The molecule has 0 saturated heterocycles. The van der Waals surface area contributed by atoms with Crippen molar-refractivity contribution in [3.8, 4) is 0 Å². The van der Waals surface area contributed by atoms with Crippen LogP contribution in [0.3, 0.4) is 0 Å². The van der Waals surface area contributed by atoms with Gasteiger partial charge in [0.2, 0.25) is 0 Å². The molecule has 0 spiro atoms. The number of benzene rings is 1. The van der Waals surface area contributed by atoms with E-state index in [4.69, 9.17) is 20.1 Å². The molecule has 3 N–H and O–H groups in total. The Morgan fingerprint density at radius 2 is 1.16 bits per heavy atom. The lowest BCUT2D eigenvalue weighted by Gasteiger charge is -2.02. The first-order valence-electron chi connectivity index (χ1n) is 12.8. The molecule has 1 rings (SSSR count). The van der Waals surface area contributed by atoms with Crippen molar-refractivity contribution in [2.24, 2.45) is 0 Å². The molecule has 0 aliphatic rings. The van der Waals surface area contributed by atoms with Crippen molar-refractivity contribution in [3.05, 3.63) is 35.9 Å². The van der Waals surface area contributed by atoms with Gasteiger partial charge in [0.25, 0.3) is 0 Å². The molecule has 32 heavy (non-hydrogen) atoms. The number of hydrogen-bond acceptors (Lipinski definition) is 4. The molecule has 0 unspecified atom stereocenters. The largest absolute Gasteiger partial charge is 0.394 e. The molecule has 0 saturated carbocycles. The van der Waals surface area contributed by atoms with Crippen molar-refractivity contribution < 1.29 is 25.2 Å². The van der Waals surface area contributed by atoms with Crippen molar-refractivity contribution >= 4 is 0 Å². The number of aliphatic hydroxyl groups is 3. The molecule has 0 aromatic heterocycles. The van der Waals surface area contributed by atoms with Gasteiger partial charge in [0.15, 0.2) is 0 Å². The number of rotatable bonds is 18. The monoisotopic (exact) mass is 455 g/mol. The molecule has 0 aliphatic heterocycles. The average molecular weight is 456 g/mol. The standard InChI is InChI=1S/C15H31O.C9H12O.C3H8O3/c1-2-3-4-5-6-7-8-9-10-11-12-13-14-15-16;1-2-10-8-9-6-4-3-5-7-9;4-1-3(6)2-5/h2-15H2,1H3;3-7H,2,8H2,1H3;3-6H,1-2H2. The summed E-state index contributed by atoms with van der Waals surface area (Å²) in [4.78, 5) is 0. The molecule has 0 heterocycles. The van der Waals surface area contributed by atoms with E-state index in [1.165, 1.54) is 76.2 Å². The molecule has 5 heteroatoms. The Bertz CT molecular complexity index is 409. The predicted octanol–water partition coefficient (Wildman–Crippen LogP) is 6.06. The summed E-state index contributed by atoms with van der Waals surface area (Å²) in [5.74, 6) is 0. The van der Waals surface area contributed by atoms with Gasteiger partial charge in [-0.2, -0.15) is 0 Å². The minimum absolute atomic E-state index is 0.123. The molecule has 1 aromatic rings. The highest BCUT2D eigenvalue weighted by molar-refractivity contribution is 5.13. The van der Waals surface area contributed by atoms with Crippen LogP contribution in [-0.4, -0.2) is 47.9 Å². The molecule has 1 radical (unpaired) electrons. The van der Waals surface area contributed by atoms with Crippen LogP contribution in [0, 0.1) is 0 Å². The molecular weight excluding hydrogens is 404 g/mol. The van der Waals surface area contributed by atoms with Crippen molar-refractivity contribution in [2.45, 2.75) is 110 Å².